The summed E-state index contributed by atoms with van der Waals surface area (Å²) in [5.74, 6) is 0.806. The van der Waals surface area contributed by atoms with Crippen LogP contribution in [-0.4, -0.2) is 49.2 Å². The molecule has 2 heterocycles. The van der Waals surface area contributed by atoms with E-state index < -0.39 is 28.1 Å². The number of sulfonamides is 1. The van der Waals surface area contributed by atoms with E-state index in [1.165, 1.54) is 12.1 Å². The number of hydrogen-bond acceptors (Lipinski definition) is 6. The molecule has 0 aromatic heterocycles. The van der Waals surface area contributed by atoms with Crippen molar-refractivity contribution in [2.24, 2.45) is 0 Å². The number of carbonyl (C=O) groups is 1. The molecule has 1 fully saturated rings. The summed E-state index contributed by atoms with van der Waals surface area (Å²) < 4.78 is 37.7. The van der Waals surface area contributed by atoms with Crippen molar-refractivity contribution in [1.82, 2.24) is 9.62 Å². The average Bonchev–Trinajstić information content (AvgIpc) is 3.32. The number of benzene rings is 2. The first-order valence-corrected chi connectivity index (χ1v) is 10.7. The third-order valence-corrected chi connectivity index (χ3v) is 6.96. The molecular formula is C20H22N2O6S. The SMILES string of the molecule is Cc1ccc(S(=O)(=O)N2CC(O)C[C@H]2C(=O)NCc2ccc3c(c2)OCO3)cc1. The maximum Gasteiger partial charge on any atom is 0.243 e. The van der Waals surface area contributed by atoms with Crippen molar-refractivity contribution in [3.63, 3.8) is 0 Å². The number of aliphatic hydroxyl groups excluding tert-OH is 1. The van der Waals surface area contributed by atoms with Crippen molar-refractivity contribution in [2.45, 2.75) is 36.9 Å². The number of β-amino-alcohol motifs (C(OH)–C–C–N with tert-alkyl or cyclic N) is 1. The lowest BCUT2D eigenvalue weighted by Crippen LogP contribution is -2.45. The van der Waals surface area contributed by atoms with E-state index in [-0.39, 0.29) is 31.2 Å². The minimum absolute atomic E-state index is 0.0536. The summed E-state index contributed by atoms with van der Waals surface area (Å²) in [7, 11) is -3.90. The van der Waals surface area contributed by atoms with Gasteiger partial charge in [-0.15, -0.1) is 0 Å². The van der Waals surface area contributed by atoms with Gasteiger partial charge in [0.25, 0.3) is 0 Å². The first-order chi connectivity index (χ1) is 13.8. The third-order valence-electron chi connectivity index (χ3n) is 5.07. The highest BCUT2D eigenvalue weighted by Gasteiger charge is 2.43. The molecule has 1 unspecified atom stereocenters. The first kappa shape index (κ1) is 19.7. The van der Waals surface area contributed by atoms with Gasteiger partial charge in [-0.05, 0) is 36.8 Å². The quantitative estimate of drug-likeness (QED) is 0.755. The van der Waals surface area contributed by atoms with Crippen LogP contribution in [0.2, 0.25) is 0 Å². The zero-order chi connectivity index (χ0) is 20.6. The van der Waals surface area contributed by atoms with E-state index in [2.05, 4.69) is 5.32 Å². The Balaban J connectivity index is 1.48. The van der Waals surface area contributed by atoms with Crippen molar-refractivity contribution >= 4 is 15.9 Å². The highest BCUT2D eigenvalue weighted by Crippen LogP contribution is 2.32. The molecular weight excluding hydrogens is 396 g/mol. The summed E-state index contributed by atoms with van der Waals surface area (Å²) in [5, 5.41) is 12.8. The van der Waals surface area contributed by atoms with Gasteiger partial charge in [0, 0.05) is 19.5 Å². The largest absolute Gasteiger partial charge is 0.454 e. The molecule has 29 heavy (non-hydrogen) atoms. The minimum atomic E-state index is -3.90. The number of carbonyl (C=O) groups excluding carboxylic acids is 1. The van der Waals surface area contributed by atoms with Crippen LogP contribution in [0.4, 0.5) is 0 Å². The van der Waals surface area contributed by atoms with E-state index in [4.69, 9.17) is 9.47 Å². The molecule has 0 bridgehead atoms. The Kier molecular flexibility index (Phi) is 5.20. The second kappa shape index (κ2) is 7.66. The van der Waals surface area contributed by atoms with Crippen LogP contribution in [0, 0.1) is 6.92 Å². The van der Waals surface area contributed by atoms with Crippen LogP contribution in [0.5, 0.6) is 11.5 Å². The monoisotopic (exact) mass is 418 g/mol. The highest BCUT2D eigenvalue weighted by molar-refractivity contribution is 7.89. The van der Waals surface area contributed by atoms with Crippen LogP contribution in [-0.2, 0) is 21.4 Å². The molecule has 2 aliphatic heterocycles. The molecule has 8 nitrogen and oxygen atoms in total. The van der Waals surface area contributed by atoms with Gasteiger partial charge in [0.1, 0.15) is 6.04 Å². The van der Waals surface area contributed by atoms with E-state index in [0.29, 0.717) is 11.5 Å². The van der Waals surface area contributed by atoms with E-state index in [1.54, 1.807) is 30.3 Å². The average molecular weight is 418 g/mol. The van der Waals surface area contributed by atoms with Crippen LogP contribution in [0.25, 0.3) is 0 Å². The molecule has 1 amide bonds. The number of nitrogens with one attached hydrogen (secondary N) is 1. The zero-order valence-corrected chi connectivity index (χ0v) is 16.7. The van der Waals surface area contributed by atoms with Crippen molar-refractivity contribution in [3.05, 3.63) is 53.6 Å². The van der Waals surface area contributed by atoms with Crippen molar-refractivity contribution in [2.75, 3.05) is 13.3 Å². The van der Waals surface area contributed by atoms with Crippen LogP contribution < -0.4 is 14.8 Å². The summed E-state index contributed by atoms with van der Waals surface area (Å²) in [6.45, 7) is 2.12. The number of ether oxygens (including phenoxy) is 2. The first-order valence-electron chi connectivity index (χ1n) is 9.27. The van der Waals surface area contributed by atoms with Crippen molar-refractivity contribution in [1.29, 1.82) is 0 Å². The third kappa shape index (κ3) is 3.93. The van der Waals surface area contributed by atoms with Crippen LogP contribution >= 0.6 is 0 Å². The number of rotatable bonds is 5. The number of aliphatic hydroxyl groups is 1. The van der Waals surface area contributed by atoms with E-state index in [0.717, 1.165) is 15.4 Å². The smallest absolute Gasteiger partial charge is 0.243 e. The lowest BCUT2D eigenvalue weighted by molar-refractivity contribution is -0.124. The maximum atomic E-state index is 13.0. The Morgan fingerprint density at radius 2 is 1.90 bits per heavy atom. The minimum Gasteiger partial charge on any atom is -0.454 e. The second-order valence-electron chi connectivity index (χ2n) is 7.20. The fourth-order valence-electron chi connectivity index (χ4n) is 3.49. The summed E-state index contributed by atoms with van der Waals surface area (Å²) >= 11 is 0. The molecule has 0 aliphatic carbocycles. The standard InChI is InChI=1S/C20H22N2O6S/c1-13-2-5-16(6-3-13)29(25,26)22-11-15(23)9-17(22)20(24)21-10-14-4-7-18-19(8-14)28-12-27-18/h2-8,15,17,23H,9-12H2,1H3,(H,21,24)/t15?,17-/m0/s1. The fraction of sp³-hybridized carbons (Fsp3) is 0.350. The molecule has 0 saturated carbocycles. The van der Waals surface area contributed by atoms with Gasteiger partial charge in [-0.1, -0.05) is 23.8 Å². The van der Waals surface area contributed by atoms with E-state index in [1.807, 2.05) is 6.92 Å². The molecule has 0 radical (unpaired) electrons. The predicted molar refractivity (Wildman–Crippen MR) is 104 cm³/mol. The van der Waals surface area contributed by atoms with E-state index in [9.17, 15) is 18.3 Å². The summed E-state index contributed by atoms with van der Waals surface area (Å²) in [6, 6.07) is 10.8. The van der Waals surface area contributed by atoms with Crippen molar-refractivity contribution < 1.29 is 27.8 Å². The van der Waals surface area contributed by atoms with Gasteiger partial charge in [0.05, 0.1) is 11.0 Å². The highest BCUT2D eigenvalue weighted by atomic mass is 32.2. The number of fused-ring (bicyclic) bond motifs is 1. The Morgan fingerprint density at radius 3 is 2.66 bits per heavy atom. The van der Waals surface area contributed by atoms with Gasteiger partial charge in [0.2, 0.25) is 22.7 Å². The molecule has 0 spiro atoms. The Hall–Kier alpha value is -2.62. The molecule has 2 N–H and O–H groups in total. The fourth-order valence-corrected chi connectivity index (χ4v) is 5.13. The summed E-state index contributed by atoms with van der Waals surface area (Å²) in [4.78, 5) is 12.9. The van der Waals surface area contributed by atoms with Gasteiger partial charge >= 0.3 is 0 Å². The number of aryl methyl sites for hydroxylation is 1. The lowest BCUT2D eigenvalue weighted by Gasteiger charge is -2.23. The summed E-state index contributed by atoms with van der Waals surface area (Å²) in [6.07, 6.45) is -0.838. The van der Waals surface area contributed by atoms with Gasteiger partial charge in [0.15, 0.2) is 11.5 Å². The Bertz CT molecular complexity index is 1020. The van der Waals surface area contributed by atoms with Crippen LogP contribution in [0.15, 0.2) is 47.4 Å². The van der Waals surface area contributed by atoms with E-state index >= 15 is 0 Å². The Morgan fingerprint density at radius 1 is 1.17 bits per heavy atom. The summed E-state index contributed by atoms with van der Waals surface area (Å²) in [5.41, 5.74) is 1.73. The Labute approximate surface area is 169 Å². The zero-order valence-electron chi connectivity index (χ0n) is 15.9. The molecule has 2 aromatic carbocycles. The second-order valence-corrected chi connectivity index (χ2v) is 9.09. The van der Waals surface area contributed by atoms with Crippen LogP contribution in [0.3, 0.4) is 0 Å². The lowest BCUT2D eigenvalue weighted by atomic mass is 10.1. The maximum absolute atomic E-state index is 13.0. The molecule has 2 aromatic rings. The molecule has 154 valence electrons. The molecule has 2 aliphatic rings. The van der Waals surface area contributed by atoms with Gasteiger partial charge in [-0.3, -0.25) is 4.79 Å². The molecule has 4 rings (SSSR count). The van der Waals surface area contributed by atoms with Gasteiger partial charge < -0.3 is 19.9 Å². The number of hydrogen-bond donors (Lipinski definition) is 2. The molecule has 1 saturated heterocycles. The van der Waals surface area contributed by atoms with Crippen LogP contribution in [0.1, 0.15) is 17.5 Å². The molecule has 9 heteroatoms. The van der Waals surface area contributed by atoms with Gasteiger partial charge in [-0.2, -0.15) is 4.31 Å². The number of amides is 1. The number of nitrogens with zero attached hydrogens (tertiary/aromatic N) is 1. The normalized spacial score (nSPS) is 21.3. The van der Waals surface area contributed by atoms with Gasteiger partial charge in [-0.25, -0.2) is 8.42 Å². The predicted octanol–water partition coefficient (Wildman–Crippen LogP) is 1.16. The van der Waals surface area contributed by atoms with Crippen molar-refractivity contribution in [3.8, 4) is 11.5 Å². The topological polar surface area (TPSA) is 105 Å². The molecule has 2 atom stereocenters.